The predicted molar refractivity (Wildman–Crippen MR) is 69.7 cm³/mol. The topological polar surface area (TPSA) is 56.3 Å². The Bertz CT molecular complexity index is 656. The van der Waals surface area contributed by atoms with Crippen LogP contribution in [0.25, 0.3) is 10.9 Å². The van der Waals surface area contributed by atoms with Crippen molar-refractivity contribution in [3.8, 4) is 0 Å². The number of carbonyl (C=O) groups is 1. The summed E-state index contributed by atoms with van der Waals surface area (Å²) in [6, 6.07) is 5.43. The molecule has 20 heavy (non-hydrogen) atoms. The van der Waals surface area contributed by atoms with Gasteiger partial charge in [0.05, 0.1) is 19.2 Å². The largest absolute Gasteiger partial charge is 0.394 e. The standard InChI is InChI=1S/C14H14F2N2O2/c15-8-4-9(7-19)18(6-8)14(20)13-5-10-11(16)2-1-3-12(10)17-13/h1-3,5,8-9,17,19H,4,6-7H2/t8-,9-/m0/s1. The fraction of sp³-hybridized carbons (Fsp3) is 0.357. The number of aromatic amines is 1. The molecule has 1 fully saturated rings. The molecule has 2 N–H and O–H groups in total. The summed E-state index contributed by atoms with van der Waals surface area (Å²) in [5, 5.41) is 9.53. The van der Waals surface area contributed by atoms with Gasteiger partial charge in [-0.05, 0) is 18.2 Å². The van der Waals surface area contributed by atoms with Gasteiger partial charge in [-0.2, -0.15) is 0 Å². The number of hydrogen-bond donors (Lipinski definition) is 2. The molecule has 6 heteroatoms. The second-order valence-corrected chi connectivity index (χ2v) is 5.01. The summed E-state index contributed by atoms with van der Waals surface area (Å²) in [6.07, 6.45) is -0.992. The van der Waals surface area contributed by atoms with Gasteiger partial charge in [-0.25, -0.2) is 8.78 Å². The molecular formula is C14H14F2N2O2. The third-order valence-electron chi connectivity index (χ3n) is 3.68. The fourth-order valence-electron chi connectivity index (χ4n) is 2.67. The number of amides is 1. The van der Waals surface area contributed by atoms with E-state index in [4.69, 9.17) is 0 Å². The summed E-state index contributed by atoms with van der Waals surface area (Å²) in [6.45, 7) is -0.317. The number of alkyl halides is 1. The van der Waals surface area contributed by atoms with Gasteiger partial charge >= 0.3 is 0 Å². The molecule has 1 amide bonds. The third kappa shape index (κ3) is 2.06. The van der Waals surface area contributed by atoms with Crippen molar-refractivity contribution in [1.29, 1.82) is 0 Å². The molecule has 2 aromatic rings. The maximum atomic E-state index is 13.6. The number of aliphatic hydroxyl groups is 1. The molecule has 0 bridgehead atoms. The minimum atomic E-state index is -1.13. The first-order valence-corrected chi connectivity index (χ1v) is 6.43. The zero-order chi connectivity index (χ0) is 14.3. The summed E-state index contributed by atoms with van der Waals surface area (Å²) in [5.74, 6) is -0.832. The first-order chi connectivity index (χ1) is 9.60. The monoisotopic (exact) mass is 280 g/mol. The highest BCUT2D eigenvalue weighted by Crippen LogP contribution is 2.24. The lowest BCUT2D eigenvalue weighted by Gasteiger charge is -2.21. The van der Waals surface area contributed by atoms with E-state index in [1.54, 1.807) is 12.1 Å². The Morgan fingerprint density at radius 2 is 2.30 bits per heavy atom. The number of fused-ring (bicyclic) bond motifs is 1. The number of likely N-dealkylation sites (tertiary alicyclic amines) is 1. The van der Waals surface area contributed by atoms with E-state index in [1.165, 1.54) is 17.0 Å². The summed E-state index contributed by atoms with van der Waals surface area (Å²) in [4.78, 5) is 16.5. The Hall–Kier alpha value is -1.95. The highest BCUT2D eigenvalue weighted by molar-refractivity contribution is 5.98. The highest BCUT2D eigenvalue weighted by Gasteiger charge is 2.35. The van der Waals surface area contributed by atoms with Crippen molar-refractivity contribution in [3.05, 3.63) is 35.8 Å². The molecular weight excluding hydrogens is 266 g/mol. The van der Waals surface area contributed by atoms with Gasteiger partial charge in [-0.1, -0.05) is 6.07 Å². The van der Waals surface area contributed by atoms with E-state index in [0.29, 0.717) is 10.9 Å². The SMILES string of the molecule is O=C(c1cc2c(F)cccc2[nH]1)N1C[C@@H](F)C[C@H]1CO. The Labute approximate surface area is 114 Å². The minimum Gasteiger partial charge on any atom is -0.394 e. The van der Waals surface area contributed by atoms with Crippen molar-refractivity contribution in [2.24, 2.45) is 0 Å². The average molecular weight is 280 g/mol. The first kappa shape index (κ1) is 13.1. The van der Waals surface area contributed by atoms with E-state index >= 15 is 0 Å². The molecule has 0 radical (unpaired) electrons. The fourth-order valence-corrected chi connectivity index (χ4v) is 2.67. The van der Waals surface area contributed by atoms with Crippen LogP contribution in [0.4, 0.5) is 8.78 Å². The Balaban J connectivity index is 1.94. The molecule has 2 atom stereocenters. The number of rotatable bonds is 2. The summed E-state index contributed by atoms with van der Waals surface area (Å²) < 4.78 is 27.0. The Morgan fingerprint density at radius 3 is 3.00 bits per heavy atom. The van der Waals surface area contributed by atoms with Gasteiger partial charge in [-0.3, -0.25) is 4.79 Å². The van der Waals surface area contributed by atoms with Crippen LogP contribution in [0.3, 0.4) is 0 Å². The van der Waals surface area contributed by atoms with Crippen molar-refractivity contribution < 1.29 is 18.7 Å². The van der Waals surface area contributed by atoms with Crippen LogP contribution in [0.2, 0.25) is 0 Å². The number of nitrogens with one attached hydrogen (secondary N) is 1. The maximum Gasteiger partial charge on any atom is 0.270 e. The lowest BCUT2D eigenvalue weighted by molar-refractivity contribution is 0.0668. The van der Waals surface area contributed by atoms with Crippen LogP contribution in [0, 0.1) is 5.82 Å². The van der Waals surface area contributed by atoms with Crippen molar-refractivity contribution in [3.63, 3.8) is 0 Å². The number of aliphatic hydroxyl groups excluding tert-OH is 1. The van der Waals surface area contributed by atoms with Crippen LogP contribution in [0.15, 0.2) is 24.3 Å². The van der Waals surface area contributed by atoms with E-state index in [9.17, 15) is 18.7 Å². The van der Waals surface area contributed by atoms with E-state index in [-0.39, 0.29) is 25.3 Å². The molecule has 106 valence electrons. The van der Waals surface area contributed by atoms with E-state index in [0.717, 1.165) is 0 Å². The average Bonchev–Trinajstić information content (AvgIpc) is 3.02. The number of aromatic nitrogens is 1. The zero-order valence-electron chi connectivity index (χ0n) is 10.6. The summed E-state index contributed by atoms with van der Waals surface area (Å²) in [7, 11) is 0. The zero-order valence-corrected chi connectivity index (χ0v) is 10.6. The molecule has 1 saturated heterocycles. The molecule has 1 aliphatic rings. The van der Waals surface area contributed by atoms with Crippen molar-refractivity contribution >= 4 is 16.8 Å². The number of benzene rings is 1. The number of carbonyl (C=O) groups excluding carboxylic acids is 1. The van der Waals surface area contributed by atoms with Gasteiger partial charge in [0.1, 0.15) is 17.7 Å². The Kier molecular flexibility index (Phi) is 3.17. The van der Waals surface area contributed by atoms with Crippen LogP contribution in [-0.4, -0.2) is 46.3 Å². The maximum absolute atomic E-state index is 13.6. The molecule has 4 nitrogen and oxygen atoms in total. The van der Waals surface area contributed by atoms with Gasteiger partial charge in [0.2, 0.25) is 0 Å². The van der Waals surface area contributed by atoms with Gasteiger partial charge in [0.15, 0.2) is 0 Å². The first-order valence-electron chi connectivity index (χ1n) is 6.43. The van der Waals surface area contributed by atoms with Crippen LogP contribution in [0.1, 0.15) is 16.9 Å². The van der Waals surface area contributed by atoms with Gasteiger partial charge in [-0.15, -0.1) is 0 Å². The molecule has 2 heterocycles. The van der Waals surface area contributed by atoms with E-state index in [1.807, 2.05) is 0 Å². The number of H-pyrrole nitrogens is 1. The molecule has 0 saturated carbocycles. The van der Waals surface area contributed by atoms with E-state index in [2.05, 4.69) is 4.98 Å². The van der Waals surface area contributed by atoms with Crippen LogP contribution >= 0.6 is 0 Å². The van der Waals surface area contributed by atoms with Crippen molar-refractivity contribution in [2.75, 3.05) is 13.2 Å². The molecule has 0 spiro atoms. The number of nitrogens with zero attached hydrogens (tertiary/aromatic N) is 1. The second kappa shape index (κ2) is 4.86. The van der Waals surface area contributed by atoms with Crippen LogP contribution < -0.4 is 0 Å². The lowest BCUT2D eigenvalue weighted by atomic mass is 10.2. The van der Waals surface area contributed by atoms with Gasteiger partial charge in [0.25, 0.3) is 5.91 Å². The molecule has 0 aliphatic carbocycles. The molecule has 3 rings (SSSR count). The van der Waals surface area contributed by atoms with Crippen LogP contribution in [0.5, 0.6) is 0 Å². The molecule has 1 aliphatic heterocycles. The normalized spacial score (nSPS) is 22.6. The molecule has 1 aromatic carbocycles. The second-order valence-electron chi connectivity index (χ2n) is 5.01. The van der Waals surface area contributed by atoms with Gasteiger partial charge < -0.3 is 15.0 Å². The third-order valence-corrected chi connectivity index (χ3v) is 3.68. The smallest absolute Gasteiger partial charge is 0.270 e. The lowest BCUT2D eigenvalue weighted by Crippen LogP contribution is -2.38. The molecule has 1 aromatic heterocycles. The van der Waals surface area contributed by atoms with Crippen molar-refractivity contribution in [2.45, 2.75) is 18.6 Å². The summed E-state index contributed by atoms with van der Waals surface area (Å²) in [5.41, 5.74) is 0.725. The van der Waals surface area contributed by atoms with E-state index < -0.39 is 23.9 Å². The highest BCUT2D eigenvalue weighted by atomic mass is 19.1. The predicted octanol–water partition coefficient (Wildman–Crippen LogP) is 1.85. The molecule has 0 unspecified atom stereocenters. The van der Waals surface area contributed by atoms with Crippen LogP contribution in [-0.2, 0) is 0 Å². The number of halogens is 2. The summed E-state index contributed by atoms with van der Waals surface area (Å²) >= 11 is 0. The minimum absolute atomic E-state index is 0.0398. The quantitative estimate of drug-likeness (QED) is 0.882. The Morgan fingerprint density at radius 1 is 1.50 bits per heavy atom. The number of hydrogen-bond acceptors (Lipinski definition) is 2. The van der Waals surface area contributed by atoms with Gasteiger partial charge in [0, 0.05) is 17.3 Å². The van der Waals surface area contributed by atoms with Crippen molar-refractivity contribution in [1.82, 2.24) is 9.88 Å².